The van der Waals surface area contributed by atoms with Gasteiger partial charge < -0.3 is 10.1 Å². The number of carbonyl (C=O) groups excluding carboxylic acids is 1. The van der Waals surface area contributed by atoms with Gasteiger partial charge in [0.25, 0.3) is 0 Å². The van der Waals surface area contributed by atoms with E-state index in [1.807, 2.05) is 0 Å². The van der Waals surface area contributed by atoms with Gasteiger partial charge in [-0.15, -0.1) is 0 Å². The van der Waals surface area contributed by atoms with E-state index in [1.54, 1.807) is 43.1 Å². The molecule has 4 nitrogen and oxygen atoms in total. The number of methoxy groups -OCH3 is 1. The molecule has 2 aromatic carbocycles. The highest BCUT2D eigenvalue weighted by molar-refractivity contribution is 5.77. The topological polar surface area (TPSA) is 41.6 Å². The van der Waals surface area contributed by atoms with Gasteiger partial charge in [-0.25, -0.2) is 8.78 Å². The summed E-state index contributed by atoms with van der Waals surface area (Å²) in [5.74, 6) is -0.711. The Hall–Kier alpha value is -2.47. The van der Waals surface area contributed by atoms with E-state index in [1.165, 1.54) is 19.2 Å². The lowest BCUT2D eigenvalue weighted by Crippen LogP contribution is -2.34. The number of hydrogen-bond acceptors (Lipinski definition) is 3. The van der Waals surface area contributed by atoms with E-state index < -0.39 is 5.82 Å². The number of rotatable bonds is 7. The van der Waals surface area contributed by atoms with E-state index in [0.717, 1.165) is 5.56 Å². The van der Waals surface area contributed by atoms with Gasteiger partial charge in [0.2, 0.25) is 5.91 Å². The van der Waals surface area contributed by atoms with E-state index in [-0.39, 0.29) is 30.6 Å². The molecule has 1 amide bonds. The Labute approximate surface area is 146 Å². The van der Waals surface area contributed by atoms with Crippen molar-refractivity contribution in [2.24, 2.45) is 0 Å². The second-order valence-corrected chi connectivity index (χ2v) is 6.00. The average Bonchev–Trinajstić information content (AvgIpc) is 2.56. The molecule has 0 fully saturated rings. The molecule has 0 aliphatic carbocycles. The zero-order chi connectivity index (χ0) is 18.4. The van der Waals surface area contributed by atoms with Crippen molar-refractivity contribution in [3.63, 3.8) is 0 Å². The van der Waals surface area contributed by atoms with Crippen LogP contribution in [0.1, 0.15) is 16.7 Å². The number of hydrogen-bond donors (Lipinski definition) is 1. The summed E-state index contributed by atoms with van der Waals surface area (Å²) in [6.45, 7) is 2.53. The molecule has 134 valence electrons. The Bertz CT molecular complexity index is 750. The molecule has 0 bridgehead atoms. The number of benzene rings is 2. The third-order valence-electron chi connectivity index (χ3n) is 3.81. The highest BCUT2D eigenvalue weighted by Gasteiger charge is 2.10. The van der Waals surface area contributed by atoms with Crippen LogP contribution in [0, 0.1) is 18.6 Å². The van der Waals surface area contributed by atoms with Gasteiger partial charge in [-0.1, -0.05) is 18.2 Å². The molecule has 2 rings (SSSR count). The van der Waals surface area contributed by atoms with Crippen molar-refractivity contribution < 1.29 is 18.3 Å². The summed E-state index contributed by atoms with van der Waals surface area (Å²) in [6, 6.07) is 9.58. The minimum atomic E-state index is -0.431. The number of nitrogens with one attached hydrogen (secondary N) is 1. The predicted molar refractivity (Wildman–Crippen MR) is 92.3 cm³/mol. The summed E-state index contributed by atoms with van der Waals surface area (Å²) in [6.07, 6.45) is 0. The van der Waals surface area contributed by atoms with Crippen LogP contribution in [0.15, 0.2) is 36.4 Å². The van der Waals surface area contributed by atoms with Crippen LogP contribution in [0.3, 0.4) is 0 Å². The molecule has 0 radical (unpaired) electrons. The fraction of sp³-hybridized carbons (Fsp3) is 0.316. The molecule has 6 heteroatoms. The monoisotopic (exact) mass is 348 g/mol. The normalized spacial score (nSPS) is 10.8. The first-order chi connectivity index (χ1) is 11.9. The SMILES string of the molecule is COc1ccc(CN(C)CC(=O)NCc2ccc(C)c(F)c2)cc1F. The second kappa shape index (κ2) is 8.58. The summed E-state index contributed by atoms with van der Waals surface area (Å²) < 4.78 is 32.0. The fourth-order valence-corrected chi connectivity index (χ4v) is 2.42. The molecule has 25 heavy (non-hydrogen) atoms. The molecule has 0 atom stereocenters. The van der Waals surface area contributed by atoms with Crippen LogP contribution in [-0.2, 0) is 17.9 Å². The fourth-order valence-electron chi connectivity index (χ4n) is 2.42. The first kappa shape index (κ1) is 18.9. The number of amides is 1. The first-order valence-corrected chi connectivity index (χ1v) is 7.91. The van der Waals surface area contributed by atoms with Gasteiger partial charge in [-0.3, -0.25) is 9.69 Å². The van der Waals surface area contributed by atoms with Crippen molar-refractivity contribution >= 4 is 5.91 Å². The van der Waals surface area contributed by atoms with Gasteiger partial charge in [-0.2, -0.15) is 0 Å². The molecular formula is C19H22F2N2O2. The molecule has 1 N–H and O–H groups in total. The van der Waals surface area contributed by atoms with Crippen LogP contribution in [-0.4, -0.2) is 31.5 Å². The van der Waals surface area contributed by atoms with Crippen LogP contribution in [0.2, 0.25) is 0 Å². The first-order valence-electron chi connectivity index (χ1n) is 7.91. The maximum Gasteiger partial charge on any atom is 0.234 e. The number of ether oxygens (including phenoxy) is 1. The predicted octanol–water partition coefficient (Wildman–Crippen LogP) is 3.03. The van der Waals surface area contributed by atoms with Crippen molar-refractivity contribution in [3.05, 3.63) is 64.7 Å². The van der Waals surface area contributed by atoms with Gasteiger partial charge in [0, 0.05) is 13.1 Å². The van der Waals surface area contributed by atoms with E-state index in [9.17, 15) is 13.6 Å². The van der Waals surface area contributed by atoms with Crippen LogP contribution >= 0.6 is 0 Å². The molecule has 0 unspecified atom stereocenters. The van der Waals surface area contributed by atoms with Gasteiger partial charge in [0.05, 0.1) is 13.7 Å². The highest BCUT2D eigenvalue weighted by Crippen LogP contribution is 2.18. The summed E-state index contributed by atoms with van der Waals surface area (Å²) in [5, 5.41) is 2.75. The molecule has 0 spiro atoms. The van der Waals surface area contributed by atoms with Crippen LogP contribution in [0.25, 0.3) is 0 Å². The third-order valence-corrected chi connectivity index (χ3v) is 3.81. The van der Waals surface area contributed by atoms with Crippen molar-refractivity contribution in [1.82, 2.24) is 10.2 Å². The summed E-state index contributed by atoms with van der Waals surface area (Å²) >= 11 is 0. The van der Waals surface area contributed by atoms with Crippen molar-refractivity contribution in [2.75, 3.05) is 20.7 Å². The smallest absolute Gasteiger partial charge is 0.234 e. The van der Waals surface area contributed by atoms with Crippen molar-refractivity contribution in [2.45, 2.75) is 20.0 Å². The molecule has 0 saturated heterocycles. The maximum absolute atomic E-state index is 13.7. The molecule has 0 heterocycles. The third kappa shape index (κ3) is 5.53. The average molecular weight is 348 g/mol. The lowest BCUT2D eigenvalue weighted by Gasteiger charge is -2.17. The van der Waals surface area contributed by atoms with E-state index >= 15 is 0 Å². The van der Waals surface area contributed by atoms with Gasteiger partial charge in [-0.05, 0) is 48.9 Å². The Morgan fingerprint density at radius 2 is 1.80 bits per heavy atom. The number of nitrogens with zero attached hydrogens (tertiary/aromatic N) is 1. The van der Waals surface area contributed by atoms with E-state index in [4.69, 9.17) is 4.74 Å². The van der Waals surface area contributed by atoms with E-state index in [2.05, 4.69) is 5.32 Å². The summed E-state index contributed by atoms with van der Waals surface area (Å²) in [7, 11) is 3.18. The zero-order valence-corrected chi connectivity index (χ0v) is 14.6. The van der Waals surface area contributed by atoms with Crippen molar-refractivity contribution in [3.8, 4) is 5.75 Å². The molecular weight excluding hydrogens is 326 g/mol. The Morgan fingerprint density at radius 3 is 2.44 bits per heavy atom. The minimum absolute atomic E-state index is 0.155. The largest absolute Gasteiger partial charge is 0.494 e. The summed E-state index contributed by atoms with van der Waals surface area (Å²) in [4.78, 5) is 13.8. The number of aryl methyl sites for hydroxylation is 1. The Morgan fingerprint density at radius 1 is 1.12 bits per heavy atom. The molecule has 0 aliphatic rings. The number of likely N-dealkylation sites (N-methyl/N-ethyl adjacent to an activating group) is 1. The van der Waals surface area contributed by atoms with Crippen LogP contribution in [0.4, 0.5) is 8.78 Å². The summed E-state index contributed by atoms with van der Waals surface area (Å²) in [5.41, 5.74) is 2.02. The van der Waals surface area contributed by atoms with Crippen LogP contribution < -0.4 is 10.1 Å². The van der Waals surface area contributed by atoms with Gasteiger partial charge in [0.1, 0.15) is 5.82 Å². The zero-order valence-electron chi connectivity index (χ0n) is 14.6. The Kier molecular flexibility index (Phi) is 6.47. The molecule has 0 aromatic heterocycles. The quantitative estimate of drug-likeness (QED) is 0.836. The van der Waals surface area contributed by atoms with Gasteiger partial charge >= 0.3 is 0 Å². The lowest BCUT2D eigenvalue weighted by molar-refractivity contribution is -0.122. The highest BCUT2D eigenvalue weighted by atomic mass is 19.1. The number of halogens is 2. The minimum Gasteiger partial charge on any atom is -0.494 e. The molecule has 0 aliphatic heterocycles. The lowest BCUT2D eigenvalue weighted by atomic mass is 10.1. The van der Waals surface area contributed by atoms with Gasteiger partial charge in [0.15, 0.2) is 11.6 Å². The standard InChI is InChI=1S/C19H22F2N2O2/c1-13-4-5-14(8-16(13)20)10-22-19(24)12-23(2)11-15-6-7-18(25-3)17(21)9-15/h4-9H,10-12H2,1-3H3,(H,22,24). The van der Waals surface area contributed by atoms with Crippen LogP contribution in [0.5, 0.6) is 5.75 Å². The Balaban J connectivity index is 1.83. The second-order valence-electron chi connectivity index (χ2n) is 6.00. The maximum atomic E-state index is 13.7. The van der Waals surface area contributed by atoms with E-state index in [0.29, 0.717) is 17.7 Å². The molecule has 2 aromatic rings. The number of carbonyl (C=O) groups is 1. The van der Waals surface area contributed by atoms with Crippen molar-refractivity contribution in [1.29, 1.82) is 0 Å². The molecule has 0 saturated carbocycles.